The van der Waals surface area contributed by atoms with E-state index in [9.17, 15) is 10.1 Å². The third-order valence-corrected chi connectivity index (χ3v) is 3.30. The molecule has 0 saturated heterocycles. The van der Waals surface area contributed by atoms with Crippen LogP contribution < -0.4 is 5.32 Å². The zero-order chi connectivity index (χ0) is 15.4. The number of aromatic nitrogens is 3. The van der Waals surface area contributed by atoms with E-state index >= 15 is 0 Å². The molecule has 7 heteroatoms. The maximum atomic E-state index is 11.3. The Bertz CT molecular complexity index is 624. The Morgan fingerprint density at radius 2 is 2.29 bits per heavy atom. The lowest BCUT2D eigenvalue weighted by Crippen LogP contribution is -2.11. The van der Waals surface area contributed by atoms with Crippen molar-refractivity contribution >= 4 is 11.5 Å². The smallest absolute Gasteiger partial charge is 0.334 e. The predicted molar refractivity (Wildman–Crippen MR) is 80.1 cm³/mol. The van der Waals surface area contributed by atoms with Gasteiger partial charge in [0.25, 0.3) is 0 Å². The van der Waals surface area contributed by atoms with Gasteiger partial charge in [-0.05, 0) is 25.0 Å². The van der Waals surface area contributed by atoms with E-state index in [1.54, 1.807) is 19.4 Å². The van der Waals surface area contributed by atoms with Gasteiger partial charge >= 0.3 is 5.69 Å². The Hall–Kier alpha value is -2.44. The third-order valence-electron chi connectivity index (χ3n) is 3.30. The second kappa shape index (κ2) is 6.34. The highest BCUT2D eigenvalue weighted by Crippen LogP contribution is 2.31. The average molecular weight is 289 g/mol. The standard InChI is InChI=1S/C14H19N5O2/c1-4-6-12-13(19(20)21)14(18(3)17-12)16-10(2)11-7-5-8-15-9-11/h5,7-10,16H,4,6H2,1-3H3. The third kappa shape index (κ3) is 3.18. The van der Waals surface area contributed by atoms with Gasteiger partial charge in [0.1, 0.15) is 5.69 Å². The Balaban J connectivity index is 2.33. The summed E-state index contributed by atoms with van der Waals surface area (Å²) in [5, 5.41) is 18.8. The molecule has 2 heterocycles. The van der Waals surface area contributed by atoms with Crippen molar-refractivity contribution in [3.8, 4) is 0 Å². The fourth-order valence-corrected chi connectivity index (χ4v) is 2.25. The molecule has 21 heavy (non-hydrogen) atoms. The van der Waals surface area contributed by atoms with Crippen LogP contribution in [-0.2, 0) is 13.5 Å². The number of nitrogens with one attached hydrogen (secondary N) is 1. The van der Waals surface area contributed by atoms with Gasteiger partial charge in [-0.2, -0.15) is 5.10 Å². The SMILES string of the molecule is CCCc1nn(C)c(NC(C)c2cccnc2)c1[N+](=O)[O-]. The lowest BCUT2D eigenvalue weighted by Gasteiger charge is -2.14. The van der Waals surface area contributed by atoms with Crippen LogP contribution in [0, 0.1) is 10.1 Å². The zero-order valence-electron chi connectivity index (χ0n) is 12.4. The minimum Gasteiger partial charge on any atom is -0.358 e. The number of pyridine rings is 1. The summed E-state index contributed by atoms with van der Waals surface area (Å²) in [6.45, 7) is 3.91. The summed E-state index contributed by atoms with van der Waals surface area (Å²) in [5.41, 5.74) is 1.55. The second-order valence-corrected chi connectivity index (χ2v) is 4.93. The molecule has 0 saturated carbocycles. The van der Waals surface area contributed by atoms with E-state index in [0.717, 1.165) is 12.0 Å². The van der Waals surface area contributed by atoms with Gasteiger partial charge in [-0.3, -0.25) is 15.1 Å². The van der Waals surface area contributed by atoms with E-state index in [1.165, 1.54) is 4.68 Å². The number of nitro groups is 1. The summed E-state index contributed by atoms with van der Waals surface area (Å²) < 4.78 is 1.54. The van der Waals surface area contributed by atoms with Crippen LogP contribution in [0.25, 0.3) is 0 Å². The Morgan fingerprint density at radius 3 is 2.86 bits per heavy atom. The van der Waals surface area contributed by atoms with E-state index in [0.29, 0.717) is 17.9 Å². The van der Waals surface area contributed by atoms with Gasteiger partial charge in [0.05, 0.1) is 11.0 Å². The summed E-state index contributed by atoms with van der Waals surface area (Å²) in [6, 6.07) is 3.68. The predicted octanol–water partition coefficient (Wildman–Crippen LogP) is 2.85. The lowest BCUT2D eigenvalue weighted by atomic mass is 10.1. The first kappa shape index (κ1) is 15.0. The van der Waals surface area contributed by atoms with E-state index in [1.807, 2.05) is 26.0 Å². The molecular weight excluding hydrogens is 270 g/mol. The maximum Gasteiger partial charge on any atom is 0.334 e. The maximum absolute atomic E-state index is 11.3. The second-order valence-electron chi connectivity index (χ2n) is 4.93. The quantitative estimate of drug-likeness (QED) is 0.652. The van der Waals surface area contributed by atoms with Crippen LogP contribution in [0.4, 0.5) is 11.5 Å². The Morgan fingerprint density at radius 1 is 1.52 bits per heavy atom. The van der Waals surface area contributed by atoms with Crippen molar-refractivity contribution in [2.45, 2.75) is 32.7 Å². The van der Waals surface area contributed by atoms with Crippen molar-refractivity contribution in [2.24, 2.45) is 7.05 Å². The highest BCUT2D eigenvalue weighted by Gasteiger charge is 2.27. The fraction of sp³-hybridized carbons (Fsp3) is 0.429. The highest BCUT2D eigenvalue weighted by atomic mass is 16.6. The van der Waals surface area contributed by atoms with Crippen molar-refractivity contribution < 1.29 is 4.92 Å². The summed E-state index contributed by atoms with van der Waals surface area (Å²) in [6.07, 6.45) is 4.84. The molecule has 112 valence electrons. The molecule has 0 aliphatic carbocycles. The molecule has 1 atom stereocenters. The number of hydrogen-bond acceptors (Lipinski definition) is 5. The van der Waals surface area contributed by atoms with Crippen molar-refractivity contribution in [2.75, 3.05) is 5.32 Å². The minimum atomic E-state index is -0.365. The molecule has 1 unspecified atom stereocenters. The van der Waals surface area contributed by atoms with Crippen molar-refractivity contribution in [1.82, 2.24) is 14.8 Å². The molecule has 0 aromatic carbocycles. The molecule has 0 fully saturated rings. The normalized spacial score (nSPS) is 12.1. The molecule has 0 spiro atoms. The number of rotatable bonds is 6. The van der Waals surface area contributed by atoms with E-state index in [4.69, 9.17) is 0 Å². The average Bonchev–Trinajstić information content (AvgIpc) is 2.76. The number of anilines is 1. The molecule has 1 N–H and O–H groups in total. The fourth-order valence-electron chi connectivity index (χ4n) is 2.25. The Kier molecular flexibility index (Phi) is 4.52. The lowest BCUT2D eigenvalue weighted by molar-refractivity contribution is -0.384. The van der Waals surface area contributed by atoms with Gasteiger partial charge in [0.2, 0.25) is 5.82 Å². The van der Waals surface area contributed by atoms with Gasteiger partial charge in [0, 0.05) is 19.4 Å². The van der Waals surface area contributed by atoms with Crippen LogP contribution in [0.2, 0.25) is 0 Å². The monoisotopic (exact) mass is 289 g/mol. The number of aryl methyl sites for hydroxylation is 2. The van der Waals surface area contributed by atoms with Gasteiger partial charge < -0.3 is 5.32 Å². The number of nitrogens with zero attached hydrogens (tertiary/aromatic N) is 4. The summed E-state index contributed by atoms with van der Waals surface area (Å²) in [4.78, 5) is 15.0. The van der Waals surface area contributed by atoms with Crippen molar-refractivity contribution in [3.63, 3.8) is 0 Å². The molecule has 0 amide bonds. The van der Waals surface area contributed by atoms with Crippen LogP contribution in [0.3, 0.4) is 0 Å². The summed E-state index contributed by atoms with van der Waals surface area (Å²) in [5.74, 6) is 0.430. The molecular formula is C14H19N5O2. The van der Waals surface area contributed by atoms with Crippen molar-refractivity contribution in [3.05, 3.63) is 45.9 Å². The highest BCUT2D eigenvalue weighted by molar-refractivity contribution is 5.60. The molecule has 0 aliphatic heterocycles. The van der Waals surface area contributed by atoms with Crippen LogP contribution in [-0.4, -0.2) is 19.7 Å². The molecule has 7 nitrogen and oxygen atoms in total. The van der Waals surface area contributed by atoms with E-state index in [-0.39, 0.29) is 16.7 Å². The molecule has 2 aromatic rings. The first-order valence-corrected chi connectivity index (χ1v) is 6.91. The molecule has 2 rings (SSSR count). The summed E-state index contributed by atoms with van der Waals surface area (Å²) in [7, 11) is 1.71. The molecule has 0 aliphatic rings. The molecule has 2 aromatic heterocycles. The zero-order valence-corrected chi connectivity index (χ0v) is 12.4. The first-order chi connectivity index (χ1) is 10.0. The van der Waals surface area contributed by atoms with Crippen molar-refractivity contribution in [1.29, 1.82) is 0 Å². The first-order valence-electron chi connectivity index (χ1n) is 6.91. The Labute approximate surface area is 123 Å². The molecule has 0 bridgehead atoms. The molecule has 0 radical (unpaired) electrons. The largest absolute Gasteiger partial charge is 0.358 e. The van der Waals surface area contributed by atoms with E-state index < -0.39 is 0 Å². The van der Waals surface area contributed by atoms with Gasteiger partial charge in [-0.15, -0.1) is 0 Å². The van der Waals surface area contributed by atoms with Gasteiger partial charge in [-0.1, -0.05) is 19.4 Å². The van der Waals surface area contributed by atoms with Gasteiger partial charge in [0.15, 0.2) is 0 Å². The number of hydrogen-bond donors (Lipinski definition) is 1. The van der Waals surface area contributed by atoms with Gasteiger partial charge in [-0.25, -0.2) is 4.68 Å². The van der Waals surface area contributed by atoms with Crippen LogP contribution in [0.1, 0.15) is 37.6 Å². The van der Waals surface area contributed by atoms with Crippen LogP contribution >= 0.6 is 0 Å². The minimum absolute atomic E-state index is 0.0649. The topological polar surface area (TPSA) is 85.9 Å². The van der Waals surface area contributed by atoms with Crippen LogP contribution in [0.5, 0.6) is 0 Å². The van der Waals surface area contributed by atoms with E-state index in [2.05, 4.69) is 15.4 Å². The van der Waals surface area contributed by atoms with Crippen LogP contribution in [0.15, 0.2) is 24.5 Å². The summed E-state index contributed by atoms with van der Waals surface area (Å²) >= 11 is 0.